The monoisotopic (exact) mass is 291 g/mol. The second kappa shape index (κ2) is 5.57. The number of nitrogens with one attached hydrogen (secondary N) is 1. The van der Waals surface area contributed by atoms with E-state index >= 15 is 0 Å². The molecule has 0 radical (unpaired) electrons. The standard InChI is InChI=1S/C18H29NO2/c20-16-4-2-1-3-13(16)10-19-18(21)17-14-6-11-5-12(8-14)9-15(17)7-11/h11-17,20H,1-10H2,(H,19,21). The van der Waals surface area contributed by atoms with Crippen LogP contribution in [0, 0.1) is 35.5 Å². The highest BCUT2D eigenvalue weighted by atomic mass is 16.3. The van der Waals surface area contributed by atoms with Gasteiger partial charge in [-0.05, 0) is 68.6 Å². The van der Waals surface area contributed by atoms with E-state index in [1.165, 1.54) is 38.5 Å². The summed E-state index contributed by atoms with van der Waals surface area (Å²) in [6.45, 7) is 0.697. The van der Waals surface area contributed by atoms with Gasteiger partial charge in [-0.3, -0.25) is 4.79 Å². The van der Waals surface area contributed by atoms with Gasteiger partial charge in [-0.1, -0.05) is 12.8 Å². The molecule has 21 heavy (non-hydrogen) atoms. The molecular formula is C18H29NO2. The number of aliphatic hydroxyl groups excluding tert-OH is 1. The maximum absolute atomic E-state index is 12.7. The lowest BCUT2D eigenvalue weighted by Gasteiger charge is -2.53. The van der Waals surface area contributed by atoms with E-state index in [4.69, 9.17) is 0 Å². The molecule has 0 heterocycles. The first kappa shape index (κ1) is 14.0. The minimum absolute atomic E-state index is 0.197. The molecule has 0 saturated heterocycles. The van der Waals surface area contributed by atoms with E-state index in [2.05, 4.69) is 5.32 Å². The average molecular weight is 291 g/mol. The van der Waals surface area contributed by atoms with Crippen molar-refractivity contribution in [1.29, 1.82) is 0 Å². The van der Waals surface area contributed by atoms with Gasteiger partial charge < -0.3 is 10.4 Å². The van der Waals surface area contributed by atoms with Gasteiger partial charge in [0.05, 0.1) is 6.10 Å². The van der Waals surface area contributed by atoms with Crippen molar-refractivity contribution in [3.8, 4) is 0 Å². The summed E-state index contributed by atoms with van der Waals surface area (Å²) in [5.41, 5.74) is 0. The number of aliphatic hydroxyl groups is 1. The van der Waals surface area contributed by atoms with Crippen molar-refractivity contribution in [3.05, 3.63) is 0 Å². The molecule has 2 atom stereocenters. The number of hydrogen-bond donors (Lipinski definition) is 2. The van der Waals surface area contributed by atoms with Crippen molar-refractivity contribution in [2.24, 2.45) is 35.5 Å². The molecule has 2 N–H and O–H groups in total. The Bertz CT molecular complexity index is 380. The summed E-state index contributed by atoms with van der Waals surface area (Å²) in [7, 11) is 0. The molecule has 3 heteroatoms. The Morgan fingerprint density at radius 3 is 2.19 bits per heavy atom. The van der Waals surface area contributed by atoms with Crippen LogP contribution in [0.2, 0.25) is 0 Å². The Morgan fingerprint density at radius 2 is 1.57 bits per heavy atom. The van der Waals surface area contributed by atoms with E-state index in [-0.39, 0.29) is 6.10 Å². The van der Waals surface area contributed by atoms with Gasteiger partial charge in [-0.2, -0.15) is 0 Å². The summed E-state index contributed by atoms with van der Waals surface area (Å²) in [6, 6.07) is 0. The van der Waals surface area contributed by atoms with Crippen molar-refractivity contribution in [3.63, 3.8) is 0 Å². The smallest absolute Gasteiger partial charge is 0.223 e. The van der Waals surface area contributed by atoms with Crippen LogP contribution in [0.15, 0.2) is 0 Å². The SMILES string of the molecule is O=C(NCC1CCCCC1O)C1C2CC3CC(C2)CC1C3. The van der Waals surface area contributed by atoms with Crippen molar-refractivity contribution >= 4 is 5.91 Å². The topological polar surface area (TPSA) is 49.3 Å². The predicted molar refractivity (Wildman–Crippen MR) is 81.5 cm³/mol. The van der Waals surface area contributed by atoms with Gasteiger partial charge in [0.25, 0.3) is 0 Å². The number of amides is 1. The predicted octanol–water partition coefficient (Wildman–Crippen LogP) is 2.73. The van der Waals surface area contributed by atoms with Gasteiger partial charge in [0.1, 0.15) is 0 Å². The first-order valence-corrected chi connectivity index (χ1v) is 9.16. The molecule has 5 rings (SSSR count). The zero-order chi connectivity index (χ0) is 14.4. The molecule has 5 saturated carbocycles. The van der Waals surface area contributed by atoms with Gasteiger partial charge in [0.2, 0.25) is 5.91 Å². The summed E-state index contributed by atoms with van der Waals surface area (Å²) >= 11 is 0. The Kier molecular flexibility index (Phi) is 3.72. The van der Waals surface area contributed by atoms with Gasteiger partial charge in [-0.15, -0.1) is 0 Å². The van der Waals surface area contributed by atoms with Crippen LogP contribution in [0.4, 0.5) is 0 Å². The first-order valence-electron chi connectivity index (χ1n) is 9.16. The fraction of sp³-hybridized carbons (Fsp3) is 0.944. The van der Waals surface area contributed by atoms with Crippen LogP contribution >= 0.6 is 0 Å². The summed E-state index contributed by atoms with van der Waals surface area (Å²) in [4.78, 5) is 12.7. The lowest BCUT2D eigenvalue weighted by Crippen LogP contribution is -2.51. The fourth-order valence-electron chi connectivity index (χ4n) is 6.13. The molecule has 0 aliphatic heterocycles. The fourth-order valence-corrected chi connectivity index (χ4v) is 6.13. The molecule has 118 valence electrons. The molecule has 3 nitrogen and oxygen atoms in total. The van der Waals surface area contributed by atoms with Crippen molar-refractivity contribution < 1.29 is 9.90 Å². The van der Waals surface area contributed by atoms with E-state index in [0.29, 0.717) is 36.1 Å². The van der Waals surface area contributed by atoms with E-state index < -0.39 is 0 Å². The van der Waals surface area contributed by atoms with Crippen LogP contribution < -0.4 is 5.32 Å². The Balaban J connectivity index is 1.35. The third kappa shape index (κ3) is 2.62. The summed E-state index contributed by atoms with van der Waals surface area (Å²) in [5.74, 6) is 4.07. The zero-order valence-corrected chi connectivity index (χ0v) is 13.0. The summed E-state index contributed by atoms with van der Waals surface area (Å²) < 4.78 is 0. The highest BCUT2D eigenvalue weighted by molar-refractivity contribution is 5.79. The van der Waals surface area contributed by atoms with Crippen molar-refractivity contribution in [1.82, 2.24) is 5.32 Å². The molecular weight excluding hydrogens is 262 g/mol. The van der Waals surface area contributed by atoms with E-state index in [1.807, 2.05) is 0 Å². The maximum Gasteiger partial charge on any atom is 0.223 e. The van der Waals surface area contributed by atoms with Gasteiger partial charge >= 0.3 is 0 Å². The largest absolute Gasteiger partial charge is 0.393 e. The van der Waals surface area contributed by atoms with Crippen LogP contribution in [-0.2, 0) is 4.79 Å². The maximum atomic E-state index is 12.7. The molecule has 4 bridgehead atoms. The van der Waals surface area contributed by atoms with E-state index in [1.54, 1.807) is 0 Å². The molecule has 0 spiro atoms. The summed E-state index contributed by atoms with van der Waals surface area (Å²) in [5, 5.41) is 13.3. The second-order valence-electron chi connectivity index (χ2n) is 8.31. The second-order valence-corrected chi connectivity index (χ2v) is 8.31. The molecule has 2 unspecified atom stereocenters. The lowest BCUT2D eigenvalue weighted by atomic mass is 9.51. The lowest BCUT2D eigenvalue weighted by molar-refractivity contribution is -0.138. The van der Waals surface area contributed by atoms with Gasteiger partial charge in [-0.25, -0.2) is 0 Å². The molecule has 1 amide bonds. The third-order valence-electron chi connectivity index (χ3n) is 6.94. The van der Waals surface area contributed by atoms with Crippen LogP contribution in [0.3, 0.4) is 0 Å². The minimum Gasteiger partial charge on any atom is -0.393 e. The Hall–Kier alpha value is -0.570. The molecule has 0 aromatic carbocycles. The van der Waals surface area contributed by atoms with Gasteiger partial charge in [0, 0.05) is 18.4 Å². The quantitative estimate of drug-likeness (QED) is 0.840. The third-order valence-corrected chi connectivity index (χ3v) is 6.94. The van der Waals surface area contributed by atoms with Crippen molar-refractivity contribution in [2.75, 3.05) is 6.54 Å². The minimum atomic E-state index is -0.197. The highest BCUT2D eigenvalue weighted by Gasteiger charge is 2.50. The first-order chi connectivity index (χ1) is 10.2. The molecule has 5 aliphatic rings. The van der Waals surface area contributed by atoms with E-state index in [0.717, 1.165) is 31.1 Å². The number of hydrogen-bond acceptors (Lipinski definition) is 2. The number of carbonyl (C=O) groups excluding carboxylic acids is 1. The molecule has 5 aliphatic carbocycles. The molecule has 5 fully saturated rings. The summed E-state index contributed by atoms with van der Waals surface area (Å²) in [6.07, 6.45) is 10.8. The van der Waals surface area contributed by atoms with Crippen LogP contribution in [-0.4, -0.2) is 23.7 Å². The van der Waals surface area contributed by atoms with Gasteiger partial charge in [0.15, 0.2) is 0 Å². The van der Waals surface area contributed by atoms with Crippen LogP contribution in [0.1, 0.15) is 57.8 Å². The Morgan fingerprint density at radius 1 is 0.952 bits per heavy atom. The van der Waals surface area contributed by atoms with Crippen LogP contribution in [0.5, 0.6) is 0 Å². The normalized spacial score (nSPS) is 48.3. The molecule has 0 aromatic heterocycles. The Labute approximate surface area is 127 Å². The highest BCUT2D eigenvalue weighted by Crippen LogP contribution is 2.56. The van der Waals surface area contributed by atoms with Crippen LogP contribution in [0.25, 0.3) is 0 Å². The van der Waals surface area contributed by atoms with E-state index in [9.17, 15) is 9.90 Å². The van der Waals surface area contributed by atoms with Crippen molar-refractivity contribution in [2.45, 2.75) is 63.9 Å². The number of rotatable bonds is 3. The zero-order valence-electron chi connectivity index (χ0n) is 13.0. The number of carbonyl (C=O) groups is 1. The molecule has 0 aromatic rings. The average Bonchev–Trinajstić information content (AvgIpc) is 2.45.